The third-order valence-corrected chi connectivity index (χ3v) is 12.3. The maximum Gasteiger partial charge on any atom is 0.303 e. The van der Waals surface area contributed by atoms with Gasteiger partial charge in [0.1, 0.15) is 30.5 Å². The van der Waals surface area contributed by atoms with E-state index in [9.17, 15) is 51.6 Å². The number of nitrogens with one attached hydrogen (secondary N) is 1. The molecule has 1 aliphatic carbocycles. The van der Waals surface area contributed by atoms with Gasteiger partial charge in [0.05, 0.1) is 43.4 Å². The molecule has 0 bridgehead atoms. The SMILES string of the molecule is C#Cc1ccc(NC(=O)[C@H]2O[C@@H](O[C@@H]3[C@H](OC(C)=O)[C@H](N=[N+]=[N-])CC(N=[N+]=[N-])[C@H]3O[C@H]3OC(CN=[N+]=[N-])[C@@H](C)[C@H](C)[C@@H]3N=[N+]=[N-])[C@H](OC(C)=O)C2O[C@H]2O[C@@H](CN=[N+]=[N-])[C@@H](OC(C)=O)C(OC(C)=O)C2N=[N+]=[N-])cc1. The van der Waals surface area contributed by atoms with Gasteiger partial charge in [-0.1, -0.05) is 50.5 Å². The first-order valence-electron chi connectivity index (χ1n) is 22.6. The second-order valence-corrected chi connectivity index (χ2v) is 17.0. The number of carbonyl (C=O) groups excluding carboxylic acids is 5. The van der Waals surface area contributed by atoms with Crippen LogP contribution in [0.15, 0.2) is 55.0 Å². The summed E-state index contributed by atoms with van der Waals surface area (Å²) in [4.78, 5) is 82.8. The molecule has 4 aliphatic rings. The van der Waals surface area contributed by atoms with Crippen LogP contribution in [0.1, 0.15) is 53.5 Å². The summed E-state index contributed by atoms with van der Waals surface area (Å²) in [6, 6.07) is 0.0627. The van der Waals surface area contributed by atoms with Crippen LogP contribution in [0.3, 0.4) is 0 Å². The fraction of sp³-hybridized carbons (Fsp3) is 0.683. The van der Waals surface area contributed by atoms with Gasteiger partial charge in [0.15, 0.2) is 43.3 Å². The van der Waals surface area contributed by atoms with E-state index in [1.54, 1.807) is 13.8 Å². The highest BCUT2D eigenvalue weighted by atomic mass is 16.8. The quantitative estimate of drug-likeness (QED) is 0.0410. The van der Waals surface area contributed by atoms with Gasteiger partial charge >= 0.3 is 23.9 Å². The lowest BCUT2D eigenvalue weighted by Crippen LogP contribution is -2.63. The van der Waals surface area contributed by atoms with Crippen LogP contribution in [-0.2, 0) is 71.3 Å². The number of rotatable bonds is 20. The molecule has 0 spiro atoms. The summed E-state index contributed by atoms with van der Waals surface area (Å²) in [7, 11) is 0. The molecule has 1 N–H and O–H groups in total. The molecule has 1 amide bonds. The zero-order valence-electron chi connectivity index (χ0n) is 40.7. The Balaban J connectivity index is 1.71. The van der Waals surface area contributed by atoms with Crippen LogP contribution in [0.25, 0.3) is 62.7 Å². The summed E-state index contributed by atoms with van der Waals surface area (Å²) in [5, 5.41) is 25.1. The Labute approximate surface area is 423 Å². The van der Waals surface area contributed by atoms with Gasteiger partial charge < -0.3 is 52.7 Å². The van der Waals surface area contributed by atoms with Crippen molar-refractivity contribution in [1.29, 1.82) is 0 Å². The van der Waals surface area contributed by atoms with Crippen molar-refractivity contribution in [2.45, 2.75) is 152 Å². The summed E-state index contributed by atoms with van der Waals surface area (Å²) >= 11 is 0. The number of ether oxygens (including phenoxy) is 10. The first-order valence-corrected chi connectivity index (χ1v) is 22.6. The number of anilines is 1. The third kappa shape index (κ3) is 14.5. The fourth-order valence-corrected chi connectivity index (χ4v) is 8.94. The van der Waals surface area contributed by atoms with E-state index in [0.717, 1.165) is 27.7 Å². The molecule has 34 nitrogen and oxygen atoms in total. The molecule has 3 saturated heterocycles. The highest BCUT2D eigenvalue weighted by Crippen LogP contribution is 2.41. The minimum atomic E-state index is -2.07. The Bertz CT molecular complexity index is 2620. The van der Waals surface area contributed by atoms with Crippen molar-refractivity contribution >= 4 is 35.5 Å². The second-order valence-electron chi connectivity index (χ2n) is 17.0. The summed E-state index contributed by atoms with van der Waals surface area (Å²) in [5.41, 5.74) is 58.1. The van der Waals surface area contributed by atoms with Crippen LogP contribution in [0.5, 0.6) is 0 Å². The van der Waals surface area contributed by atoms with Crippen LogP contribution >= 0.6 is 0 Å². The number of amides is 1. The second kappa shape index (κ2) is 27.2. The predicted octanol–water partition coefficient (Wildman–Crippen LogP) is 5.68. The number of hydrogen-bond donors (Lipinski definition) is 1. The van der Waals surface area contributed by atoms with Gasteiger partial charge in [0, 0.05) is 68.4 Å². The van der Waals surface area contributed by atoms with E-state index in [0.29, 0.717) is 5.56 Å². The van der Waals surface area contributed by atoms with E-state index >= 15 is 0 Å². The summed E-state index contributed by atoms with van der Waals surface area (Å²) < 4.78 is 60.7. The number of hydrogen-bond acceptors (Lipinski definition) is 21. The van der Waals surface area contributed by atoms with Gasteiger partial charge in [0.25, 0.3) is 5.91 Å². The fourth-order valence-electron chi connectivity index (χ4n) is 8.94. The average molecular weight is 1050 g/mol. The van der Waals surface area contributed by atoms with Gasteiger partial charge in [-0.15, -0.1) is 6.42 Å². The summed E-state index contributed by atoms with van der Waals surface area (Å²) in [5.74, 6) is -3.50. The zero-order valence-corrected chi connectivity index (χ0v) is 40.7. The maximum atomic E-state index is 14.6. The lowest BCUT2D eigenvalue weighted by atomic mass is 9.81. The lowest BCUT2D eigenvalue weighted by molar-refractivity contribution is -0.298. The molecule has 19 atom stereocenters. The molecule has 398 valence electrons. The van der Waals surface area contributed by atoms with Crippen molar-refractivity contribution < 1.29 is 71.3 Å². The molecule has 75 heavy (non-hydrogen) atoms. The molecule has 4 fully saturated rings. The Kier molecular flexibility index (Phi) is 20.9. The molecule has 5 rings (SSSR count). The van der Waals surface area contributed by atoms with Crippen molar-refractivity contribution in [3.8, 4) is 12.3 Å². The Morgan fingerprint density at radius 2 is 1.05 bits per heavy atom. The Morgan fingerprint density at radius 1 is 0.573 bits per heavy atom. The first-order chi connectivity index (χ1) is 35.9. The first kappa shape index (κ1) is 57.6. The third-order valence-electron chi connectivity index (χ3n) is 12.3. The van der Waals surface area contributed by atoms with Crippen LogP contribution < -0.4 is 5.32 Å². The Morgan fingerprint density at radius 3 is 1.61 bits per heavy atom. The molecule has 3 heterocycles. The molecular weight excluding hydrogens is 999 g/mol. The standard InChI is InChI=1S/C41H49N19O15/c1-8-22-9-11-23(12-10-22)50-38(65)36-35(73-40-29(54-60-47)33(68-20(6)63)32(67-19(5)62)27(71-40)15-49-56-43)37(69-21(7)64)41(75-36)74-34-30(66-18(4)61)24(51-57-44)13-25(52-58-45)31(34)72-39-28(53-59-46)17(3)16(2)26(70-39)14-48-55-42/h1,9-12,16-17,24-37,39-41H,13-15H2,2-7H3,(H,50,65)/t16-,17-,24+,25?,26?,27-,28-,29?,30+,31+,32+,33?,34+,35?,36-,37+,39+,40+,41+/m0/s1. The zero-order chi connectivity index (χ0) is 54.9. The van der Waals surface area contributed by atoms with E-state index < -0.39 is 152 Å². The summed E-state index contributed by atoms with van der Waals surface area (Å²) in [6.45, 7) is 6.58. The molecule has 5 unspecified atom stereocenters. The molecule has 1 aromatic carbocycles. The molecule has 0 aromatic heterocycles. The number of azide groups is 6. The number of nitrogens with zero attached hydrogens (tertiary/aromatic N) is 18. The topological polar surface area (TPSA) is 482 Å². The number of esters is 4. The summed E-state index contributed by atoms with van der Waals surface area (Å²) in [6.07, 6.45) is -17.4. The molecule has 34 heteroatoms. The smallest absolute Gasteiger partial charge is 0.303 e. The van der Waals surface area contributed by atoms with Gasteiger partial charge in [-0.3, -0.25) is 24.0 Å². The van der Waals surface area contributed by atoms with E-state index in [1.165, 1.54) is 24.3 Å². The lowest BCUT2D eigenvalue weighted by Gasteiger charge is -2.48. The molecule has 1 aromatic rings. The number of carbonyl (C=O) groups is 5. The molecule has 3 aliphatic heterocycles. The minimum absolute atomic E-state index is 0.138. The van der Waals surface area contributed by atoms with Crippen molar-refractivity contribution in [3.63, 3.8) is 0 Å². The normalized spacial score (nSPS) is 33.6. The minimum Gasteiger partial charge on any atom is -0.459 e. The van der Waals surface area contributed by atoms with Crippen molar-refractivity contribution in [2.24, 2.45) is 42.5 Å². The monoisotopic (exact) mass is 1050 g/mol. The van der Waals surface area contributed by atoms with Crippen LogP contribution in [-0.4, -0.2) is 147 Å². The number of benzene rings is 1. The van der Waals surface area contributed by atoms with Crippen LogP contribution in [0.4, 0.5) is 5.69 Å². The van der Waals surface area contributed by atoms with Gasteiger partial charge in [-0.05, 0) is 75.7 Å². The molecule has 0 radical (unpaired) electrons. The predicted molar refractivity (Wildman–Crippen MR) is 249 cm³/mol. The van der Waals surface area contributed by atoms with E-state index in [1.807, 2.05) is 0 Å². The van der Waals surface area contributed by atoms with E-state index in [4.69, 9.17) is 59.3 Å². The molecule has 1 saturated carbocycles. The van der Waals surface area contributed by atoms with E-state index in [2.05, 4.69) is 71.4 Å². The highest BCUT2D eigenvalue weighted by Gasteiger charge is 2.59. The molecular formula is C41H49N19O15. The van der Waals surface area contributed by atoms with Gasteiger partial charge in [-0.2, -0.15) is 0 Å². The Hall–Kier alpha value is -8.25. The van der Waals surface area contributed by atoms with Crippen molar-refractivity contribution in [1.82, 2.24) is 0 Å². The largest absolute Gasteiger partial charge is 0.459 e. The van der Waals surface area contributed by atoms with Crippen molar-refractivity contribution in [2.75, 3.05) is 18.4 Å². The van der Waals surface area contributed by atoms with Crippen LogP contribution in [0.2, 0.25) is 0 Å². The van der Waals surface area contributed by atoms with Crippen LogP contribution in [0, 0.1) is 24.2 Å². The van der Waals surface area contributed by atoms with Gasteiger partial charge in [-0.25, -0.2) is 0 Å². The van der Waals surface area contributed by atoms with Crippen molar-refractivity contribution in [3.05, 3.63) is 92.5 Å². The number of terminal acetylenes is 1. The van der Waals surface area contributed by atoms with Gasteiger partial charge in [0.2, 0.25) is 0 Å². The van der Waals surface area contributed by atoms with E-state index in [-0.39, 0.29) is 18.7 Å². The highest BCUT2D eigenvalue weighted by molar-refractivity contribution is 5.95. The average Bonchev–Trinajstić information content (AvgIpc) is 3.69. The maximum absolute atomic E-state index is 14.6.